The van der Waals surface area contributed by atoms with Gasteiger partial charge in [-0.15, -0.1) is 0 Å². The minimum Gasteiger partial charge on any atom is -0.495 e. The summed E-state index contributed by atoms with van der Waals surface area (Å²) >= 11 is 0. The molecule has 11 heteroatoms. The second-order valence-electron chi connectivity index (χ2n) is 8.49. The average Bonchev–Trinajstić information content (AvgIpc) is 3.54. The zero-order valence-corrected chi connectivity index (χ0v) is 20.7. The maximum absolute atomic E-state index is 12.9. The standard InChI is InChI=1S/C23H29N3O6S2/c1-32-22-11-10-20(34(30,31)26-14-4-5-15-26)16-21(22)24-23(27)19-8-6-18(7-9-19)17-33(28,29)25-12-2-3-13-25/h6-11,16H,2-5,12-15,17H2,1H3,(H,24,27). The number of nitrogens with one attached hydrogen (secondary N) is 1. The van der Waals surface area contributed by atoms with Crippen molar-refractivity contribution >= 4 is 31.6 Å². The molecule has 0 spiro atoms. The molecule has 2 heterocycles. The van der Waals surface area contributed by atoms with E-state index in [0.29, 0.717) is 43.1 Å². The van der Waals surface area contributed by atoms with Gasteiger partial charge < -0.3 is 10.1 Å². The monoisotopic (exact) mass is 507 g/mol. The van der Waals surface area contributed by atoms with E-state index >= 15 is 0 Å². The molecule has 0 atom stereocenters. The van der Waals surface area contributed by atoms with Crippen molar-refractivity contribution in [1.82, 2.24) is 8.61 Å². The number of anilines is 1. The molecule has 2 fully saturated rings. The van der Waals surface area contributed by atoms with E-state index in [1.54, 1.807) is 24.3 Å². The molecule has 2 saturated heterocycles. The Morgan fingerprint density at radius 3 is 2.06 bits per heavy atom. The van der Waals surface area contributed by atoms with Crippen LogP contribution >= 0.6 is 0 Å². The van der Waals surface area contributed by atoms with Gasteiger partial charge in [0.1, 0.15) is 5.75 Å². The molecule has 9 nitrogen and oxygen atoms in total. The zero-order chi connectivity index (χ0) is 24.3. The molecular weight excluding hydrogens is 478 g/mol. The summed E-state index contributed by atoms with van der Waals surface area (Å²) in [5, 5.41) is 2.72. The summed E-state index contributed by atoms with van der Waals surface area (Å²) in [7, 11) is -5.59. The molecule has 2 aromatic carbocycles. The van der Waals surface area contributed by atoms with Crippen LogP contribution in [0.2, 0.25) is 0 Å². The molecule has 2 aliphatic rings. The van der Waals surface area contributed by atoms with E-state index in [1.165, 1.54) is 33.9 Å². The van der Waals surface area contributed by atoms with Crippen LogP contribution in [0.15, 0.2) is 47.4 Å². The summed E-state index contributed by atoms with van der Waals surface area (Å²) in [5.74, 6) is -0.232. The first-order chi connectivity index (χ1) is 16.2. The van der Waals surface area contributed by atoms with E-state index in [4.69, 9.17) is 4.74 Å². The number of methoxy groups -OCH3 is 1. The van der Waals surface area contributed by atoms with Crippen LogP contribution in [0.4, 0.5) is 5.69 Å². The lowest BCUT2D eigenvalue weighted by molar-refractivity contribution is 0.102. The van der Waals surface area contributed by atoms with E-state index in [2.05, 4.69) is 5.32 Å². The molecule has 2 aliphatic heterocycles. The number of sulfonamides is 2. The summed E-state index contributed by atoms with van der Waals surface area (Å²) in [4.78, 5) is 12.9. The highest BCUT2D eigenvalue weighted by Crippen LogP contribution is 2.30. The van der Waals surface area contributed by atoms with Crippen molar-refractivity contribution in [3.8, 4) is 5.75 Å². The minimum atomic E-state index is -3.65. The molecule has 2 aromatic rings. The van der Waals surface area contributed by atoms with Gasteiger partial charge >= 0.3 is 0 Å². The third kappa shape index (κ3) is 5.27. The SMILES string of the molecule is COc1ccc(S(=O)(=O)N2CCCC2)cc1NC(=O)c1ccc(CS(=O)(=O)N2CCCC2)cc1. The van der Waals surface area contributed by atoms with Crippen LogP contribution in [0, 0.1) is 0 Å². The molecule has 0 radical (unpaired) electrons. The third-order valence-corrected chi connectivity index (χ3v) is 9.89. The molecule has 0 saturated carbocycles. The Balaban J connectivity index is 1.49. The van der Waals surface area contributed by atoms with Crippen molar-refractivity contribution in [2.45, 2.75) is 36.3 Å². The first-order valence-electron chi connectivity index (χ1n) is 11.3. The van der Waals surface area contributed by atoms with Crippen LogP contribution in [0.5, 0.6) is 5.75 Å². The summed E-state index contributed by atoms with van der Waals surface area (Å²) in [6.07, 6.45) is 3.41. The van der Waals surface area contributed by atoms with E-state index in [-0.39, 0.29) is 16.3 Å². The van der Waals surface area contributed by atoms with Crippen molar-refractivity contribution in [2.75, 3.05) is 38.6 Å². The fraction of sp³-hybridized carbons (Fsp3) is 0.435. The minimum absolute atomic E-state index is 0.0907. The Kier molecular flexibility index (Phi) is 7.27. The van der Waals surface area contributed by atoms with Gasteiger partial charge in [-0.2, -0.15) is 4.31 Å². The Morgan fingerprint density at radius 2 is 1.47 bits per heavy atom. The smallest absolute Gasteiger partial charge is 0.255 e. The fourth-order valence-corrected chi connectivity index (χ4v) is 7.39. The van der Waals surface area contributed by atoms with Crippen molar-refractivity contribution in [3.05, 3.63) is 53.6 Å². The summed E-state index contributed by atoms with van der Waals surface area (Å²) in [6, 6.07) is 10.7. The lowest BCUT2D eigenvalue weighted by Gasteiger charge is -2.17. The number of nitrogens with zero attached hydrogens (tertiary/aromatic N) is 2. The molecule has 4 rings (SSSR count). The van der Waals surface area contributed by atoms with Gasteiger partial charge in [-0.3, -0.25) is 4.79 Å². The molecular formula is C23H29N3O6S2. The Morgan fingerprint density at radius 1 is 0.882 bits per heavy atom. The quantitative estimate of drug-likeness (QED) is 0.588. The number of rotatable bonds is 8. The lowest BCUT2D eigenvalue weighted by Crippen LogP contribution is -2.29. The predicted molar refractivity (Wildman–Crippen MR) is 129 cm³/mol. The van der Waals surface area contributed by atoms with Crippen LogP contribution < -0.4 is 10.1 Å². The number of amides is 1. The van der Waals surface area contributed by atoms with E-state index in [1.807, 2.05) is 0 Å². The first-order valence-corrected chi connectivity index (χ1v) is 14.3. The van der Waals surface area contributed by atoms with Crippen LogP contribution in [0.3, 0.4) is 0 Å². The van der Waals surface area contributed by atoms with Gasteiger partial charge in [0.15, 0.2) is 0 Å². The first kappa shape index (κ1) is 24.6. The topological polar surface area (TPSA) is 113 Å². The van der Waals surface area contributed by atoms with E-state index < -0.39 is 26.0 Å². The fourth-order valence-electron chi connectivity index (χ4n) is 4.24. The van der Waals surface area contributed by atoms with Crippen molar-refractivity contribution in [1.29, 1.82) is 0 Å². The van der Waals surface area contributed by atoms with Gasteiger partial charge in [-0.1, -0.05) is 12.1 Å². The molecule has 0 bridgehead atoms. The Labute approximate surface area is 200 Å². The summed E-state index contributed by atoms with van der Waals surface area (Å²) in [6.45, 7) is 2.07. The highest BCUT2D eigenvalue weighted by Gasteiger charge is 2.28. The normalized spacial score (nSPS) is 17.7. The second-order valence-corrected chi connectivity index (χ2v) is 12.4. The second kappa shape index (κ2) is 10.0. The molecule has 1 amide bonds. The van der Waals surface area contributed by atoms with Gasteiger partial charge in [0.25, 0.3) is 5.91 Å². The van der Waals surface area contributed by atoms with Gasteiger partial charge in [0.2, 0.25) is 20.0 Å². The lowest BCUT2D eigenvalue weighted by atomic mass is 10.1. The number of hydrogen-bond acceptors (Lipinski definition) is 6. The molecule has 1 N–H and O–H groups in total. The molecule has 34 heavy (non-hydrogen) atoms. The van der Waals surface area contributed by atoms with Crippen molar-refractivity contribution in [2.24, 2.45) is 0 Å². The molecule has 0 unspecified atom stereocenters. The van der Waals surface area contributed by atoms with Crippen LogP contribution in [-0.4, -0.2) is 64.6 Å². The largest absolute Gasteiger partial charge is 0.495 e. The maximum Gasteiger partial charge on any atom is 0.255 e. The van der Waals surface area contributed by atoms with Crippen LogP contribution in [0.25, 0.3) is 0 Å². The number of hydrogen-bond donors (Lipinski definition) is 1. The maximum atomic E-state index is 12.9. The van der Waals surface area contributed by atoms with E-state index in [9.17, 15) is 21.6 Å². The summed E-state index contributed by atoms with van der Waals surface area (Å²) in [5.41, 5.74) is 1.16. The molecule has 0 aromatic heterocycles. The summed E-state index contributed by atoms with van der Waals surface area (Å²) < 4.78 is 59.1. The van der Waals surface area contributed by atoms with Gasteiger partial charge in [-0.25, -0.2) is 21.1 Å². The Hall–Kier alpha value is -2.47. The van der Waals surface area contributed by atoms with E-state index in [0.717, 1.165) is 25.7 Å². The number of benzene rings is 2. The predicted octanol–water partition coefficient (Wildman–Crippen LogP) is 2.66. The number of carbonyl (C=O) groups is 1. The average molecular weight is 508 g/mol. The van der Waals surface area contributed by atoms with Crippen molar-refractivity contribution in [3.63, 3.8) is 0 Å². The molecule has 0 aliphatic carbocycles. The number of carbonyl (C=O) groups excluding carboxylic acids is 1. The van der Waals surface area contributed by atoms with Gasteiger partial charge in [-0.05, 0) is 61.6 Å². The van der Waals surface area contributed by atoms with Gasteiger partial charge in [0, 0.05) is 31.7 Å². The highest BCUT2D eigenvalue weighted by molar-refractivity contribution is 7.89. The Bertz CT molecular complexity index is 1250. The highest BCUT2D eigenvalue weighted by atomic mass is 32.2. The third-order valence-electron chi connectivity index (χ3n) is 6.15. The number of ether oxygens (including phenoxy) is 1. The van der Waals surface area contributed by atoms with Gasteiger partial charge in [0.05, 0.1) is 23.4 Å². The van der Waals surface area contributed by atoms with Crippen molar-refractivity contribution < 1.29 is 26.4 Å². The van der Waals surface area contributed by atoms with Crippen LogP contribution in [0.1, 0.15) is 41.6 Å². The molecule has 184 valence electrons. The zero-order valence-electron chi connectivity index (χ0n) is 19.1. The van der Waals surface area contributed by atoms with Crippen LogP contribution in [-0.2, 0) is 25.8 Å².